The Hall–Kier alpha value is -2.04. The highest BCUT2D eigenvalue weighted by molar-refractivity contribution is 6.11. The molecule has 1 aromatic carbocycles. The molecule has 2 aliphatic rings. The summed E-state index contributed by atoms with van der Waals surface area (Å²) in [7, 11) is 0. The maximum absolute atomic E-state index is 12.5. The van der Waals surface area contributed by atoms with Crippen LogP contribution < -0.4 is 15.4 Å². The van der Waals surface area contributed by atoms with Crippen molar-refractivity contribution in [1.29, 1.82) is 0 Å². The second-order valence-corrected chi connectivity index (χ2v) is 6.54. The van der Waals surface area contributed by atoms with Gasteiger partial charge in [0.25, 0.3) is 17.9 Å². The minimum atomic E-state index is -1.10. The third-order valence-electron chi connectivity index (χ3n) is 4.57. The zero-order valence-electron chi connectivity index (χ0n) is 13.6. The monoisotopic (exact) mass is 316 g/mol. The van der Waals surface area contributed by atoms with Crippen molar-refractivity contribution in [2.75, 3.05) is 5.32 Å². The molecule has 2 N–H and O–H groups in total. The van der Waals surface area contributed by atoms with Crippen LogP contribution in [0.2, 0.25) is 0 Å². The van der Waals surface area contributed by atoms with Crippen LogP contribution in [0, 0.1) is 6.92 Å². The Kier molecular flexibility index (Phi) is 4.84. The van der Waals surface area contributed by atoms with E-state index in [4.69, 9.17) is 4.74 Å². The van der Waals surface area contributed by atoms with Gasteiger partial charge in [0.15, 0.2) is 0 Å². The molecule has 1 atom stereocenters. The number of amides is 2. The second-order valence-electron chi connectivity index (χ2n) is 6.54. The maximum atomic E-state index is 12.5. The Balaban J connectivity index is 1.65. The van der Waals surface area contributed by atoms with Crippen molar-refractivity contribution in [1.82, 2.24) is 5.32 Å². The van der Waals surface area contributed by atoms with Crippen molar-refractivity contribution in [3.05, 3.63) is 23.8 Å². The van der Waals surface area contributed by atoms with Gasteiger partial charge in [-0.25, -0.2) is 0 Å². The van der Waals surface area contributed by atoms with Crippen molar-refractivity contribution in [3.8, 4) is 5.75 Å². The molecule has 124 valence electrons. The Bertz CT molecular complexity index is 592. The minimum absolute atomic E-state index is 0.151. The number of rotatable bonds is 2. The quantitative estimate of drug-likeness (QED) is 0.824. The molecule has 5 heteroatoms. The zero-order chi connectivity index (χ0) is 16.2. The fourth-order valence-electron chi connectivity index (χ4n) is 3.27. The Morgan fingerprint density at radius 3 is 2.61 bits per heavy atom. The first-order valence-corrected chi connectivity index (χ1v) is 8.52. The number of anilines is 1. The summed E-state index contributed by atoms with van der Waals surface area (Å²) in [4.78, 5) is 24.6. The molecule has 1 aliphatic heterocycles. The number of carbonyl (C=O) groups excluding carboxylic acids is 2. The molecule has 1 heterocycles. The van der Waals surface area contributed by atoms with Crippen molar-refractivity contribution in [2.45, 2.75) is 64.0 Å². The lowest BCUT2D eigenvalue weighted by Gasteiger charge is -2.28. The van der Waals surface area contributed by atoms with Gasteiger partial charge in [-0.15, -0.1) is 0 Å². The summed E-state index contributed by atoms with van der Waals surface area (Å²) in [5, 5.41) is 5.77. The molecular weight excluding hydrogens is 292 g/mol. The molecule has 0 spiro atoms. The van der Waals surface area contributed by atoms with Crippen LogP contribution >= 0.6 is 0 Å². The van der Waals surface area contributed by atoms with E-state index in [0.29, 0.717) is 11.4 Å². The highest BCUT2D eigenvalue weighted by atomic mass is 16.5. The molecule has 5 nitrogen and oxygen atoms in total. The lowest BCUT2D eigenvalue weighted by atomic mass is 9.96. The van der Waals surface area contributed by atoms with E-state index in [2.05, 4.69) is 10.6 Å². The molecule has 3 rings (SSSR count). The zero-order valence-corrected chi connectivity index (χ0v) is 13.6. The van der Waals surface area contributed by atoms with Crippen LogP contribution in [0.1, 0.15) is 50.5 Å². The predicted octanol–water partition coefficient (Wildman–Crippen LogP) is 2.92. The van der Waals surface area contributed by atoms with E-state index in [1.54, 1.807) is 6.07 Å². The molecule has 1 fully saturated rings. The van der Waals surface area contributed by atoms with Gasteiger partial charge in [0.05, 0.1) is 5.69 Å². The smallest absolute Gasteiger partial charge is 0.275 e. The van der Waals surface area contributed by atoms with E-state index in [1.165, 1.54) is 19.3 Å². The molecule has 0 bridgehead atoms. The summed E-state index contributed by atoms with van der Waals surface area (Å²) in [6.45, 7) is 1.94. The lowest BCUT2D eigenvalue weighted by Crippen LogP contribution is -2.51. The number of fused-ring (bicyclic) bond motifs is 1. The van der Waals surface area contributed by atoms with Gasteiger partial charge in [-0.05, 0) is 37.5 Å². The van der Waals surface area contributed by atoms with Crippen LogP contribution in [0.5, 0.6) is 5.75 Å². The number of aryl methyl sites for hydroxylation is 1. The fraction of sp³-hybridized carbons (Fsp3) is 0.556. The average Bonchev–Trinajstić information content (AvgIpc) is 2.49. The molecule has 0 aromatic heterocycles. The maximum Gasteiger partial charge on any atom is 0.275 e. The summed E-state index contributed by atoms with van der Waals surface area (Å²) >= 11 is 0. The van der Waals surface area contributed by atoms with E-state index in [-0.39, 0.29) is 11.9 Å². The first-order valence-electron chi connectivity index (χ1n) is 8.52. The molecule has 0 radical (unpaired) electrons. The molecule has 1 aromatic rings. The fourth-order valence-corrected chi connectivity index (χ4v) is 3.27. The van der Waals surface area contributed by atoms with E-state index in [1.807, 2.05) is 19.1 Å². The van der Waals surface area contributed by atoms with Crippen LogP contribution in [-0.4, -0.2) is 24.0 Å². The first kappa shape index (κ1) is 15.8. The van der Waals surface area contributed by atoms with E-state index >= 15 is 0 Å². The van der Waals surface area contributed by atoms with Crippen LogP contribution in [0.15, 0.2) is 18.2 Å². The Morgan fingerprint density at radius 2 is 1.87 bits per heavy atom. The Labute approximate surface area is 136 Å². The van der Waals surface area contributed by atoms with Gasteiger partial charge in [-0.1, -0.05) is 38.2 Å². The number of nitrogens with one attached hydrogen (secondary N) is 2. The molecular formula is C18H24N2O3. The van der Waals surface area contributed by atoms with E-state index < -0.39 is 12.0 Å². The normalized spacial score (nSPS) is 22.1. The third kappa shape index (κ3) is 3.84. The topological polar surface area (TPSA) is 67.4 Å². The largest absolute Gasteiger partial charge is 0.468 e. The van der Waals surface area contributed by atoms with Crippen LogP contribution in [-0.2, 0) is 9.59 Å². The highest BCUT2D eigenvalue weighted by Crippen LogP contribution is 2.30. The van der Waals surface area contributed by atoms with Gasteiger partial charge in [0.1, 0.15) is 5.75 Å². The number of carbonyl (C=O) groups is 2. The van der Waals surface area contributed by atoms with Crippen molar-refractivity contribution in [3.63, 3.8) is 0 Å². The predicted molar refractivity (Wildman–Crippen MR) is 88.5 cm³/mol. The molecule has 2 amide bonds. The standard InChI is InChI=1S/C18H24N2O3/c1-12-9-10-15-14(11-12)20-18(22)16(23-15)17(21)19-13-7-5-3-2-4-6-8-13/h9-11,13,16H,2-8H2,1H3,(H,19,21)(H,20,22)/t16-/m0/s1. The molecule has 1 saturated carbocycles. The number of ether oxygens (including phenoxy) is 1. The van der Waals surface area contributed by atoms with Crippen LogP contribution in [0.3, 0.4) is 0 Å². The van der Waals surface area contributed by atoms with Crippen molar-refractivity contribution >= 4 is 17.5 Å². The summed E-state index contributed by atoms with van der Waals surface area (Å²) < 4.78 is 5.63. The van der Waals surface area contributed by atoms with Crippen LogP contribution in [0.4, 0.5) is 5.69 Å². The van der Waals surface area contributed by atoms with Crippen molar-refractivity contribution < 1.29 is 14.3 Å². The minimum Gasteiger partial charge on any atom is -0.468 e. The van der Waals surface area contributed by atoms with E-state index in [0.717, 1.165) is 31.2 Å². The van der Waals surface area contributed by atoms with Crippen molar-refractivity contribution in [2.24, 2.45) is 0 Å². The highest BCUT2D eigenvalue weighted by Gasteiger charge is 2.34. The second kappa shape index (κ2) is 7.02. The summed E-state index contributed by atoms with van der Waals surface area (Å²) in [5.74, 6) is -0.182. The number of benzene rings is 1. The SMILES string of the molecule is Cc1ccc2c(c1)NC(=O)[C@H](C(=O)NC1CCCCCCC1)O2. The van der Waals surface area contributed by atoms with Gasteiger partial charge in [-0.2, -0.15) is 0 Å². The first-order chi connectivity index (χ1) is 11.1. The van der Waals surface area contributed by atoms with E-state index in [9.17, 15) is 9.59 Å². The number of hydrogen-bond donors (Lipinski definition) is 2. The van der Waals surface area contributed by atoms with Gasteiger partial charge in [0.2, 0.25) is 0 Å². The Morgan fingerprint density at radius 1 is 1.17 bits per heavy atom. The molecule has 0 unspecified atom stereocenters. The number of hydrogen-bond acceptors (Lipinski definition) is 3. The van der Waals surface area contributed by atoms with Gasteiger partial charge < -0.3 is 15.4 Å². The molecule has 1 aliphatic carbocycles. The summed E-state index contributed by atoms with van der Waals surface area (Å²) in [5.41, 5.74) is 1.66. The third-order valence-corrected chi connectivity index (χ3v) is 4.57. The lowest BCUT2D eigenvalue weighted by molar-refractivity contribution is -0.137. The molecule has 23 heavy (non-hydrogen) atoms. The van der Waals surface area contributed by atoms with Gasteiger partial charge in [-0.3, -0.25) is 9.59 Å². The summed E-state index contributed by atoms with van der Waals surface area (Å²) in [6, 6.07) is 5.69. The average molecular weight is 316 g/mol. The van der Waals surface area contributed by atoms with Gasteiger partial charge >= 0.3 is 0 Å². The van der Waals surface area contributed by atoms with Crippen LogP contribution in [0.25, 0.3) is 0 Å². The summed E-state index contributed by atoms with van der Waals surface area (Å²) in [6.07, 6.45) is 6.85. The molecule has 0 saturated heterocycles. The van der Waals surface area contributed by atoms with Gasteiger partial charge in [0, 0.05) is 6.04 Å².